The Morgan fingerprint density at radius 2 is 2.00 bits per heavy atom. The van der Waals surface area contributed by atoms with Gasteiger partial charge in [-0.1, -0.05) is 30.3 Å². The van der Waals surface area contributed by atoms with Gasteiger partial charge in [0.1, 0.15) is 12.4 Å². The van der Waals surface area contributed by atoms with Crippen molar-refractivity contribution in [2.45, 2.75) is 32.1 Å². The van der Waals surface area contributed by atoms with Crippen molar-refractivity contribution < 1.29 is 28.2 Å². The second-order valence-electron chi connectivity index (χ2n) is 7.22. The molecule has 166 valence electrons. The van der Waals surface area contributed by atoms with E-state index in [-0.39, 0.29) is 24.9 Å². The molecular weight excluding hydrogens is 412 g/mol. The molecule has 0 bridgehead atoms. The summed E-state index contributed by atoms with van der Waals surface area (Å²) >= 11 is 0. The highest BCUT2D eigenvalue weighted by molar-refractivity contribution is 5.92. The molecule has 0 fully saturated rings. The molecule has 4 N–H and O–H groups in total. The molecule has 0 aliphatic heterocycles. The normalized spacial score (nSPS) is 12.7. The predicted molar refractivity (Wildman–Crippen MR) is 109 cm³/mol. The summed E-state index contributed by atoms with van der Waals surface area (Å²) in [7, 11) is 0. The van der Waals surface area contributed by atoms with Gasteiger partial charge in [-0.15, -0.1) is 5.10 Å². The molecule has 0 saturated carbocycles. The third-order valence-electron chi connectivity index (χ3n) is 4.33. The van der Waals surface area contributed by atoms with Crippen LogP contribution in [-0.2, 0) is 4.74 Å². The average molecular weight is 435 g/mol. The quantitative estimate of drug-likeness (QED) is 0.383. The van der Waals surface area contributed by atoms with Crippen molar-refractivity contribution in [3.05, 3.63) is 48.2 Å². The molecule has 0 aliphatic carbocycles. The standard InChI is InChI=1S/C20H23F2N5O4/c1-20(2,29)16(12-6-4-3-5-7-12)25-19(28)24-15-10-14-13(11-23-15)17(27-26-14)30-8-9-31-18(21)22/h3-7,10-11,16,18,29H,8-9H2,1-2H3,(H,26,27)(H2,23,24,25,28)/t16-/m0/s1. The first kappa shape index (κ1) is 22.4. The number of carbonyl (C=O) groups is 1. The third kappa shape index (κ3) is 6.09. The van der Waals surface area contributed by atoms with E-state index in [0.717, 1.165) is 5.56 Å². The lowest BCUT2D eigenvalue weighted by Gasteiger charge is -2.30. The van der Waals surface area contributed by atoms with Crippen LogP contribution >= 0.6 is 0 Å². The number of amides is 2. The van der Waals surface area contributed by atoms with Crippen LogP contribution in [0, 0.1) is 0 Å². The SMILES string of the molecule is CC(C)(O)[C@@H](NC(=O)Nc1cc2[nH]nc(OCCOC(F)F)c2cn1)c1ccccc1. The van der Waals surface area contributed by atoms with Crippen LogP contribution < -0.4 is 15.4 Å². The van der Waals surface area contributed by atoms with Crippen molar-refractivity contribution in [3.63, 3.8) is 0 Å². The van der Waals surface area contributed by atoms with Gasteiger partial charge in [-0.3, -0.25) is 10.4 Å². The number of aromatic nitrogens is 3. The number of anilines is 1. The van der Waals surface area contributed by atoms with E-state index in [1.807, 2.05) is 30.3 Å². The van der Waals surface area contributed by atoms with Gasteiger partial charge in [-0.2, -0.15) is 8.78 Å². The number of carbonyl (C=O) groups excluding carboxylic acids is 1. The van der Waals surface area contributed by atoms with E-state index < -0.39 is 24.3 Å². The lowest BCUT2D eigenvalue weighted by molar-refractivity contribution is -0.133. The highest BCUT2D eigenvalue weighted by Crippen LogP contribution is 2.26. The molecule has 1 atom stereocenters. The number of hydrogen-bond donors (Lipinski definition) is 4. The van der Waals surface area contributed by atoms with Crippen LogP contribution in [0.1, 0.15) is 25.5 Å². The Labute approximate surface area is 176 Å². The van der Waals surface area contributed by atoms with Crippen LogP contribution in [0.3, 0.4) is 0 Å². The van der Waals surface area contributed by atoms with E-state index in [1.54, 1.807) is 19.9 Å². The van der Waals surface area contributed by atoms with Crippen molar-refractivity contribution in [1.29, 1.82) is 0 Å². The number of urea groups is 1. The lowest BCUT2D eigenvalue weighted by Crippen LogP contribution is -2.43. The summed E-state index contributed by atoms with van der Waals surface area (Å²) in [5.41, 5.74) is 0.0663. The molecule has 31 heavy (non-hydrogen) atoms. The number of nitrogens with one attached hydrogen (secondary N) is 3. The van der Waals surface area contributed by atoms with Crippen LogP contribution in [0.15, 0.2) is 42.6 Å². The summed E-state index contributed by atoms with van der Waals surface area (Å²) in [6.07, 6.45) is 1.43. The number of aromatic amines is 1. The maximum Gasteiger partial charge on any atom is 0.345 e. The Balaban J connectivity index is 1.65. The minimum absolute atomic E-state index is 0.107. The van der Waals surface area contributed by atoms with Crippen molar-refractivity contribution in [3.8, 4) is 5.88 Å². The maximum absolute atomic E-state index is 12.5. The Hall–Kier alpha value is -3.31. The first-order chi connectivity index (χ1) is 14.7. The second-order valence-corrected chi connectivity index (χ2v) is 7.22. The number of rotatable bonds is 9. The number of benzene rings is 1. The second kappa shape index (κ2) is 9.67. The average Bonchev–Trinajstić information content (AvgIpc) is 3.11. The van der Waals surface area contributed by atoms with E-state index in [1.165, 1.54) is 6.20 Å². The predicted octanol–water partition coefficient (Wildman–Crippen LogP) is 3.21. The summed E-state index contributed by atoms with van der Waals surface area (Å²) in [6, 6.07) is 9.45. The molecule has 9 nitrogen and oxygen atoms in total. The molecule has 2 aromatic heterocycles. The molecule has 3 rings (SSSR count). The minimum atomic E-state index is -2.86. The highest BCUT2D eigenvalue weighted by Gasteiger charge is 2.30. The largest absolute Gasteiger partial charge is 0.474 e. The summed E-state index contributed by atoms with van der Waals surface area (Å²) in [5, 5.41) is 23.0. The van der Waals surface area contributed by atoms with Gasteiger partial charge in [0.05, 0.1) is 29.2 Å². The van der Waals surface area contributed by atoms with Crippen molar-refractivity contribution in [1.82, 2.24) is 20.5 Å². The molecule has 11 heteroatoms. The molecule has 0 aliphatic rings. The number of hydrogen-bond acceptors (Lipinski definition) is 6. The summed E-state index contributed by atoms with van der Waals surface area (Å²) in [6.45, 7) is -0.0476. The molecule has 1 aromatic carbocycles. The van der Waals surface area contributed by atoms with Crippen molar-refractivity contribution >= 4 is 22.8 Å². The van der Waals surface area contributed by atoms with Gasteiger partial charge < -0.3 is 19.9 Å². The number of fused-ring (bicyclic) bond motifs is 1. The fraction of sp³-hybridized carbons (Fsp3) is 0.350. The zero-order valence-electron chi connectivity index (χ0n) is 16.9. The topological polar surface area (TPSA) is 121 Å². The fourth-order valence-electron chi connectivity index (χ4n) is 2.94. The molecule has 3 aromatic rings. The Bertz CT molecular complexity index is 1010. The van der Waals surface area contributed by atoms with Crippen LogP contribution in [-0.4, -0.2) is 51.7 Å². The van der Waals surface area contributed by atoms with Crippen LogP contribution in [0.2, 0.25) is 0 Å². The van der Waals surface area contributed by atoms with Crippen LogP contribution in [0.5, 0.6) is 5.88 Å². The van der Waals surface area contributed by atoms with Crippen molar-refractivity contribution in [2.75, 3.05) is 18.5 Å². The van der Waals surface area contributed by atoms with E-state index in [4.69, 9.17) is 4.74 Å². The smallest absolute Gasteiger partial charge is 0.345 e. The van der Waals surface area contributed by atoms with Gasteiger partial charge in [0, 0.05) is 12.3 Å². The number of halogens is 2. The lowest BCUT2D eigenvalue weighted by atomic mass is 9.92. The summed E-state index contributed by atoms with van der Waals surface area (Å²) in [5.74, 6) is 0.423. The van der Waals surface area contributed by atoms with E-state index in [0.29, 0.717) is 10.9 Å². The van der Waals surface area contributed by atoms with Gasteiger partial charge in [0.2, 0.25) is 5.88 Å². The van der Waals surface area contributed by atoms with E-state index >= 15 is 0 Å². The van der Waals surface area contributed by atoms with Gasteiger partial charge in [-0.05, 0) is 19.4 Å². The Kier molecular flexibility index (Phi) is 6.98. The van der Waals surface area contributed by atoms with Gasteiger partial charge in [-0.25, -0.2) is 9.78 Å². The van der Waals surface area contributed by atoms with E-state index in [2.05, 4.69) is 30.6 Å². The minimum Gasteiger partial charge on any atom is -0.474 e. The zero-order chi connectivity index (χ0) is 22.4. The van der Waals surface area contributed by atoms with Crippen LogP contribution in [0.4, 0.5) is 19.4 Å². The zero-order valence-corrected chi connectivity index (χ0v) is 16.9. The number of pyridine rings is 1. The Morgan fingerprint density at radius 1 is 1.26 bits per heavy atom. The number of nitrogens with zero attached hydrogens (tertiary/aromatic N) is 2. The highest BCUT2D eigenvalue weighted by atomic mass is 19.3. The van der Waals surface area contributed by atoms with Gasteiger partial charge in [0.15, 0.2) is 0 Å². The van der Waals surface area contributed by atoms with Gasteiger partial charge in [0.25, 0.3) is 0 Å². The number of H-pyrrole nitrogens is 1. The molecular formula is C20H23F2N5O4. The molecule has 0 saturated heterocycles. The third-order valence-corrected chi connectivity index (χ3v) is 4.33. The molecule has 2 amide bonds. The fourth-order valence-corrected chi connectivity index (χ4v) is 2.94. The molecule has 0 radical (unpaired) electrons. The Morgan fingerprint density at radius 3 is 2.68 bits per heavy atom. The number of ether oxygens (including phenoxy) is 2. The monoisotopic (exact) mass is 435 g/mol. The molecule has 0 spiro atoms. The van der Waals surface area contributed by atoms with E-state index in [9.17, 15) is 18.7 Å². The maximum atomic E-state index is 12.5. The van der Waals surface area contributed by atoms with Crippen molar-refractivity contribution in [2.24, 2.45) is 0 Å². The molecule has 0 unspecified atom stereocenters. The first-order valence-electron chi connectivity index (χ1n) is 9.45. The molecule has 2 heterocycles. The van der Waals surface area contributed by atoms with Gasteiger partial charge >= 0.3 is 12.6 Å². The number of aliphatic hydroxyl groups is 1. The summed E-state index contributed by atoms with van der Waals surface area (Å²) in [4.78, 5) is 16.7. The number of alkyl halides is 2. The summed E-state index contributed by atoms with van der Waals surface area (Å²) < 4.78 is 33.4. The van der Waals surface area contributed by atoms with Crippen LogP contribution in [0.25, 0.3) is 10.9 Å². The first-order valence-corrected chi connectivity index (χ1v) is 9.45.